The molecule has 8 nitrogen and oxygen atoms in total. The summed E-state index contributed by atoms with van der Waals surface area (Å²) in [5.74, 6) is -1.56. The number of carbonyl (C=O) groups is 3. The number of ether oxygens (including phenoxy) is 1. The number of amides is 3. The van der Waals surface area contributed by atoms with Crippen LogP contribution in [0.4, 0.5) is 11.4 Å². The van der Waals surface area contributed by atoms with E-state index in [0.29, 0.717) is 16.5 Å². The Kier molecular flexibility index (Phi) is 7.11. The number of hydrogen-bond acceptors (Lipinski definition) is 7. The number of halogens is 1. The second-order valence-electron chi connectivity index (χ2n) is 9.46. The van der Waals surface area contributed by atoms with Crippen LogP contribution in [-0.4, -0.2) is 34.6 Å². The van der Waals surface area contributed by atoms with Crippen LogP contribution < -0.4 is 19.8 Å². The lowest BCUT2D eigenvalue weighted by atomic mass is 9.83. The van der Waals surface area contributed by atoms with Crippen molar-refractivity contribution in [2.75, 3.05) is 16.8 Å². The molecule has 2 aliphatic heterocycles. The molecule has 0 spiro atoms. The first-order valence-electron chi connectivity index (χ1n) is 12.4. The van der Waals surface area contributed by atoms with Gasteiger partial charge in [0, 0.05) is 21.0 Å². The fraction of sp³-hybridized carbons (Fsp3) is 0.172. The molecule has 1 fully saturated rings. The molecule has 2 N–H and O–H groups in total. The number of aryl methyl sites for hydroxylation is 1. The minimum atomic E-state index is -0.674. The van der Waals surface area contributed by atoms with E-state index in [-0.39, 0.29) is 29.2 Å². The summed E-state index contributed by atoms with van der Waals surface area (Å²) in [6.07, 6.45) is 0. The number of aromatic nitrogens is 1. The first-order valence-corrected chi connectivity index (χ1v) is 14.9. The topological polar surface area (TPSA) is 109 Å². The number of fused-ring (bicyclic) bond motifs is 2. The van der Waals surface area contributed by atoms with E-state index in [9.17, 15) is 19.2 Å². The third kappa shape index (κ3) is 4.89. The van der Waals surface area contributed by atoms with E-state index in [0.717, 1.165) is 37.5 Å². The molecule has 3 heterocycles. The van der Waals surface area contributed by atoms with Crippen LogP contribution in [-0.2, 0) is 14.4 Å². The van der Waals surface area contributed by atoms with Crippen molar-refractivity contribution in [2.45, 2.75) is 23.1 Å². The van der Waals surface area contributed by atoms with Crippen molar-refractivity contribution in [3.63, 3.8) is 0 Å². The van der Waals surface area contributed by atoms with Crippen molar-refractivity contribution in [3.8, 4) is 5.75 Å². The Morgan fingerprint density at radius 2 is 1.73 bits per heavy atom. The Labute approximate surface area is 245 Å². The molecule has 6 rings (SSSR count). The number of para-hydroxylation sites is 1. The number of anilines is 2. The highest BCUT2D eigenvalue weighted by Gasteiger charge is 2.56. The summed E-state index contributed by atoms with van der Waals surface area (Å²) in [6.45, 7) is 1.74. The zero-order chi connectivity index (χ0) is 28.0. The summed E-state index contributed by atoms with van der Waals surface area (Å²) < 4.78 is 6.54. The van der Waals surface area contributed by atoms with Gasteiger partial charge in [-0.2, -0.15) is 0 Å². The van der Waals surface area contributed by atoms with Crippen molar-refractivity contribution < 1.29 is 19.1 Å². The van der Waals surface area contributed by atoms with Crippen LogP contribution in [0.2, 0.25) is 0 Å². The SMILES string of the molecule is Cc1ccccc1NC(=O)COc1ccc([C@@H]2c3sc(=O)[nH]c3S[C@H]3C(=O)N(c4ccc(Br)cc4)C(=O)[C@@H]23)cc1. The van der Waals surface area contributed by atoms with Crippen LogP contribution in [0, 0.1) is 12.8 Å². The Hall–Kier alpha value is -3.67. The Balaban J connectivity index is 1.25. The van der Waals surface area contributed by atoms with Gasteiger partial charge in [0.25, 0.3) is 5.91 Å². The van der Waals surface area contributed by atoms with E-state index in [1.54, 1.807) is 36.4 Å². The molecular formula is C29H22BrN3O5S2. The minimum Gasteiger partial charge on any atom is -0.484 e. The second kappa shape index (κ2) is 10.7. The maximum Gasteiger partial charge on any atom is 0.305 e. The van der Waals surface area contributed by atoms with Gasteiger partial charge in [-0.25, -0.2) is 4.90 Å². The number of imide groups is 1. The molecule has 0 bridgehead atoms. The smallest absolute Gasteiger partial charge is 0.305 e. The number of carbonyl (C=O) groups excluding carboxylic acids is 3. The molecule has 4 aromatic rings. The predicted molar refractivity (Wildman–Crippen MR) is 158 cm³/mol. The number of hydrogen-bond donors (Lipinski definition) is 2. The predicted octanol–water partition coefficient (Wildman–Crippen LogP) is 5.32. The third-order valence-corrected chi connectivity index (χ3v) is 9.87. The van der Waals surface area contributed by atoms with Gasteiger partial charge < -0.3 is 15.0 Å². The van der Waals surface area contributed by atoms with Crippen LogP contribution in [0.15, 0.2) is 87.1 Å². The maximum atomic E-state index is 13.8. The molecule has 3 amide bonds. The molecule has 202 valence electrons. The first kappa shape index (κ1) is 26.5. The number of thiazole rings is 1. The van der Waals surface area contributed by atoms with Crippen molar-refractivity contribution in [1.29, 1.82) is 0 Å². The lowest BCUT2D eigenvalue weighted by molar-refractivity contribution is -0.122. The Morgan fingerprint density at radius 1 is 1.00 bits per heavy atom. The zero-order valence-electron chi connectivity index (χ0n) is 21.1. The van der Waals surface area contributed by atoms with E-state index < -0.39 is 17.1 Å². The number of H-pyrrole nitrogens is 1. The van der Waals surface area contributed by atoms with Gasteiger partial charge in [-0.1, -0.05) is 69.4 Å². The highest BCUT2D eigenvalue weighted by molar-refractivity contribution is 9.10. The molecule has 3 aromatic carbocycles. The molecule has 2 aliphatic rings. The van der Waals surface area contributed by atoms with Crippen LogP contribution in [0.25, 0.3) is 0 Å². The quantitative estimate of drug-likeness (QED) is 0.278. The van der Waals surface area contributed by atoms with E-state index in [1.807, 2.05) is 43.3 Å². The molecule has 1 saturated heterocycles. The summed E-state index contributed by atoms with van der Waals surface area (Å²) in [4.78, 5) is 56.6. The van der Waals surface area contributed by atoms with Crippen molar-refractivity contribution >= 4 is 68.1 Å². The van der Waals surface area contributed by atoms with Gasteiger partial charge in [0.2, 0.25) is 11.8 Å². The second-order valence-corrected chi connectivity index (χ2v) is 12.5. The zero-order valence-corrected chi connectivity index (χ0v) is 24.3. The molecule has 3 atom stereocenters. The summed E-state index contributed by atoms with van der Waals surface area (Å²) in [7, 11) is 0. The molecule has 0 aliphatic carbocycles. The van der Waals surface area contributed by atoms with Gasteiger partial charge >= 0.3 is 4.87 Å². The van der Waals surface area contributed by atoms with Gasteiger partial charge in [-0.3, -0.25) is 19.2 Å². The average molecular weight is 637 g/mol. The van der Waals surface area contributed by atoms with E-state index in [4.69, 9.17) is 4.74 Å². The van der Waals surface area contributed by atoms with Crippen LogP contribution in [0.3, 0.4) is 0 Å². The molecule has 0 saturated carbocycles. The van der Waals surface area contributed by atoms with Crippen LogP contribution >= 0.6 is 39.0 Å². The van der Waals surface area contributed by atoms with E-state index >= 15 is 0 Å². The summed E-state index contributed by atoms with van der Waals surface area (Å²) in [5, 5.41) is 2.79. The number of nitrogens with one attached hydrogen (secondary N) is 2. The maximum absolute atomic E-state index is 13.8. The van der Waals surface area contributed by atoms with Crippen LogP contribution in [0.1, 0.15) is 21.9 Å². The van der Waals surface area contributed by atoms with Gasteiger partial charge in [0.05, 0.1) is 16.6 Å². The molecular weight excluding hydrogens is 614 g/mol. The normalized spacial score (nSPS) is 19.8. The number of benzene rings is 3. The molecule has 11 heteroatoms. The number of rotatable bonds is 6. The summed E-state index contributed by atoms with van der Waals surface area (Å²) >= 11 is 5.69. The van der Waals surface area contributed by atoms with E-state index in [1.165, 1.54) is 16.7 Å². The van der Waals surface area contributed by atoms with Crippen molar-refractivity contribution in [2.24, 2.45) is 5.92 Å². The Bertz CT molecular complexity index is 1680. The van der Waals surface area contributed by atoms with E-state index in [2.05, 4.69) is 26.2 Å². The first-order chi connectivity index (χ1) is 19.3. The highest BCUT2D eigenvalue weighted by atomic mass is 79.9. The fourth-order valence-electron chi connectivity index (χ4n) is 5.04. The molecule has 0 unspecified atom stereocenters. The lowest BCUT2D eigenvalue weighted by Crippen LogP contribution is -2.32. The lowest BCUT2D eigenvalue weighted by Gasteiger charge is -2.29. The summed E-state index contributed by atoms with van der Waals surface area (Å²) in [5.41, 5.74) is 2.97. The van der Waals surface area contributed by atoms with Gasteiger partial charge in [-0.05, 0) is 60.5 Å². The number of thioether (sulfide) groups is 1. The summed E-state index contributed by atoms with van der Waals surface area (Å²) in [6, 6.07) is 21.6. The third-order valence-electron chi connectivity index (χ3n) is 6.94. The van der Waals surface area contributed by atoms with Crippen molar-refractivity contribution in [1.82, 2.24) is 4.98 Å². The molecule has 0 radical (unpaired) electrons. The average Bonchev–Trinajstić information content (AvgIpc) is 3.44. The van der Waals surface area contributed by atoms with Gasteiger partial charge in [0.15, 0.2) is 6.61 Å². The largest absolute Gasteiger partial charge is 0.484 e. The number of aromatic amines is 1. The minimum absolute atomic E-state index is 0.169. The standard InChI is InChI=1S/C29H22BrN3O5S2/c1-15-4-2-3-5-20(15)31-21(34)14-38-19-12-6-16(7-13-19)22-23-25(39-26-24(22)40-29(37)32-26)28(36)33(27(23)35)18-10-8-17(30)9-11-18/h2-13,22-23,25H,14H2,1H3,(H,31,34)(H,32,37)/t22-,23-,25+/m0/s1. The van der Waals surface area contributed by atoms with Crippen LogP contribution in [0.5, 0.6) is 5.75 Å². The van der Waals surface area contributed by atoms with Crippen molar-refractivity contribution in [3.05, 3.63) is 103 Å². The monoisotopic (exact) mass is 635 g/mol. The number of nitrogens with zero attached hydrogens (tertiary/aromatic N) is 1. The Morgan fingerprint density at radius 3 is 2.45 bits per heavy atom. The molecule has 1 aromatic heterocycles. The fourth-order valence-corrected chi connectivity index (χ4v) is 7.82. The molecule has 40 heavy (non-hydrogen) atoms. The van der Waals surface area contributed by atoms with Gasteiger partial charge in [-0.15, -0.1) is 0 Å². The van der Waals surface area contributed by atoms with Gasteiger partial charge in [0.1, 0.15) is 11.0 Å². The highest BCUT2D eigenvalue weighted by Crippen LogP contribution is 2.53.